The molecule has 0 radical (unpaired) electrons. The van der Waals surface area contributed by atoms with Crippen molar-refractivity contribution in [2.45, 2.75) is 0 Å². The summed E-state index contributed by atoms with van der Waals surface area (Å²) in [5.41, 5.74) is 0. The van der Waals surface area contributed by atoms with E-state index in [2.05, 4.69) is 0 Å². The predicted octanol–water partition coefficient (Wildman–Crippen LogP) is 0.119. The fourth-order valence-electron chi connectivity index (χ4n) is 0.911. The molecule has 0 amide bonds. The van der Waals surface area contributed by atoms with E-state index in [0.29, 0.717) is 11.5 Å². The fourth-order valence-corrected chi connectivity index (χ4v) is 0.911. The molecule has 1 aromatic carbocycles. The van der Waals surface area contributed by atoms with Crippen LogP contribution in [0, 0.1) is 0 Å². The molecule has 0 heterocycles. The summed E-state index contributed by atoms with van der Waals surface area (Å²) in [5, 5.41) is 17.7. The quantitative estimate of drug-likeness (QED) is 0.572. The third-order valence-corrected chi connectivity index (χ3v) is 1.51. The maximum absolute atomic E-state index is 9.23. The van der Waals surface area contributed by atoms with E-state index in [-0.39, 0.29) is 19.0 Å². The maximum Gasteiger partial charge on any atom is 0.394 e. The van der Waals surface area contributed by atoms with Gasteiger partial charge in [0.2, 0.25) is 0 Å². The Morgan fingerprint density at radius 3 is 2.28 bits per heavy atom. The highest BCUT2D eigenvalue weighted by Crippen LogP contribution is 2.29. The Morgan fingerprint density at radius 1 is 1.28 bits per heavy atom. The Morgan fingerprint density at radius 2 is 1.83 bits per heavy atom. The van der Waals surface area contributed by atoms with E-state index in [1.807, 2.05) is 0 Å². The Bertz CT molecular complexity index is 448. The van der Waals surface area contributed by atoms with Gasteiger partial charge in [0.05, 0.1) is 13.7 Å². The van der Waals surface area contributed by atoms with Gasteiger partial charge >= 0.3 is 10.4 Å². The highest BCUT2D eigenvalue weighted by molar-refractivity contribution is 7.79. The van der Waals surface area contributed by atoms with E-state index in [9.17, 15) is 5.11 Å². The number of aliphatic hydroxyl groups excluding tert-OH is 1. The van der Waals surface area contributed by atoms with Crippen LogP contribution in [-0.2, 0) is 10.4 Å². The molecule has 18 heavy (non-hydrogen) atoms. The SMILES string of the molecule is COc1cc(OCCO)ccc1O.O=S(=O)(O)O. The molecule has 0 spiro atoms. The minimum Gasteiger partial charge on any atom is -0.504 e. The number of benzene rings is 1. The van der Waals surface area contributed by atoms with E-state index in [1.54, 1.807) is 12.1 Å². The van der Waals surface area contributed by atoms with Gasteiger partial charge in [0.1, 0.15) is 12.4 Å². The fraction of sp³-hybridized carbons (Fsp3) is 0.333. The number of rotatable bonds is 4. The Kier molecular flexibility index (Phi) is 7.05. The first-order chi connectivity index (χ1) is 8.27. The molecule has 9 heteroatoms. The lowest BCUT2D eigenvalue weighted by Gasteiger charge is -2.07. The predicted molar refractivity (Wildman–Crippen MR) is 61.4 cm³/mol. The maximum atomic E-state index is 9.23. The molecule has 1 aromatic rings. The molecule has 0 saturated heterocycles. The molecule has 0 saturated carbocycles. The van der Waals surface area contributed by atoms with E-state index in [0.717, 1.165) is 0 Å². The zero-order valence-corrected chi connectivity index (χ0v) is 10.3. The average molecular weight is 282 g/mol. The van der Waals surface area contributed by atoms with Crippen molar-refractivity contribution in [1.29, 1.82) is 0 Å². The topological polar surface area (TPSA) is 134 Å². The van der Waals surface area contributed by atoms with Crippen LogP contribution >= 0.6 is 0 Å². The number of hydrogen-bond donors (Lipinski definition) is 4. The molecule has 1 rings (SSSR count). The number of aromatic hydroxyl groups is 1. The number of ether oxygens (including phenoxy) is 2. The van der Waals surface area contributed by atoms with Crippen LogP contribution in [0.1, 0.15) is 0 Å². The molecule has 0 aliphatic heterocycles. The van der Waals surface area contributed by atoms with Crippen LogP contribution in [0.4, 0.5) is 0 Å². The Balaban J connectivity index is 0.000000494. The van der Waals surface area contributed by atoms with Crippen LogP contribution in [0.3, 0.4) is 0 Å². The molecule has 0 bridgehead atoms. The summed E-state index contributed by atoms with van der Waals surface area (Å²) in [6.07, 6.45) is 0. The smallest absolute Gasteiger partial charge is 0.394 e. The molecule has 0 fully saturated rings. The van der Waals surface area contributed by atoms with Crippen LogP contribution in [0.5, 0.6) is 17.2 Å². The van der Waals surface area contributed by atoms with Gasteiger partial charge in [-0.1, -0.05) is 0 Å². The molecule has 8 nitrogen and oxygen atoms in total. The second kappa shape index (κ2) is 7.71. The summed E-state index contributed by atoms with van der Waals surface area (Å²) >= 11 is 0. The van der Waals surface area contributed by atoms with Crippen molar-refractivity contribution in [3.05, 3.63) is 18.2 Å². The molecule has 0 atom stereocenters. The van der Waals surface area contributed by atoms with E-state index in [1.165, 1.54) is 13.2 Å². The lowest BCUT2D eigenvalue weighted by atomic mass is 10.3. The van der Waals surface area contributed by atoms with Crippen molar-refractivity contribution in [3.63, 3.8) is 0 Å². The third kappa shape index (κ3) is 8.58. The van der Waals surface area contributed by atoms with E-state index in [4.69, 9.17) is 32.1 Å². The van der Waals surface area contributed by atoms with Gasteiger partial charge in [0, 0.05) is 6.07 Å². The van der Waals surface area contributed by atoms with E-state index >= 15 is 0 Å². The van der Waals surface area contributed by atoms with Crippen molar-refractivity contribution in [1.82, 2.24) is 0 Å². The summed E-state index contributed by atoms with van der Waals surface area (Å²) in [6.45, 7) is 0.192. The first-order valence-electron chi connectivity index (χ1n) is 4.58. The number of hydrogen-bond acceptors (Lipinski definition) is 6. The van der Waals surface area contributed by atoms with Crippen molar-refractivity contribution >= 4 is 10.4 Å². The first kappa shape index (κ1) is 16.4. The van der Waals surface area contributed by atoms with Crippen molar-refractivity contribution in [3.8, 4) is 17.2 Å². The van der Waals surface area contributed by atoms with Crippen LogP contribution in [0.15, 0.2) is 18.2 Å². The summed E-state index contributed by atoms with van der Waals surface area (Å²) in [5.74, 6) is 0.984. The summed E-state index contributed by atoms with van der Waals surface area (Å²) < 4.78 is 41.6. The van der Waals surface area contributed by atoms with Crippen LogP contribution in [0.2, 0.25) is 0 Å². The number of phenols is 1. The molecular weight excluding hydrogens is 268 g/mol. The monoisotopic (exact) mass is 282 g/mol. The second-order valence-corrected chi connectivity index (χ2v) is 3.75. The van der Waals surface area contributed by atoms with Gasteiger partial charge in [0.25, 0.3) is 0 Å². The van der Waals surface area contributed by atoms with E-state index < -0.39 is 10.4 Å². The number of methoxy groups -OCH3 is 1. The molecule has 4 N–H and O–H groups in total. The van der Waals surface area contributed by atoms with Crippen LogP contribution in [0.25, 0.3) is 0 Å². The number of phenolic OH excluding ortho intramolecular Hbond substituents is 1. The zero-order chi connectivity index (χ0) is 14.2. The van der Waals surface area contributed by atoms with Gasteiger partial charge in [0.15, 0.2) is 11.5 Å². The highest BCUT2D eigenvalue weighted by atomic mass is 32.3. The lowest BCUT2D eigenvalue weighted by Crippen LogP contribution is -2.01. The Labute approximate surface area is 104 Å². The van der Waals surface area contributed by atoms with Gasteiger partial charge < -0.3 is 19.7 Å². The summed E-state index contributed by atoms with van der Waals surface area (Å²) in [6, 6.07) is 4.64. The molecular formula is C9H14O8S. The van der Waals surface area contributed by atoms with Crippen LogP contribution < -0.4 is 9.47 Å². The van der Waals surface area contributed by atoms with Crippen molar-refractivity contribution < 1.29 is 37.2 Å². The summed E-state index contributed by atoms with van der Waals surface area (Å²) in [4.78, 5) is 0. The van der Waals surface area contributed by atoms with Crippen molar-refractivity contribution in [2.24, 2.45) is 0 Å². The van der Waals surface area contributed by atoms with Crippen LogP contribution in [-0.4, -0.2) is 48.1 Å². The van der Waals surface area contributed by atoms with Crippen molar-refractivity contribution in [2.75, 3.05) is 20.3 Å². The molecule has 0 aromatic heterocycles. The molecule has 0 unspecified atom stereocenters. The van der Waals surface area contributed by atoms with Gasteiger partial charge in [-0.15, -0.1) is 0 Å². The van der Waals surface area contributed by atoms with Gasteiger partial charge in [-0.25, -0.2) is 0 Å². The lowest BCUT2D eigenvalue weighted by molar-refractivity contribution is 0.200. The largest absolute Gasteiger partial charge is 0.504 e. The number of aliphatic hydroxyl groups is 1. The molecule has 0 aliphatic rings. The molecule has 0 aliphatic carbocycles. The minimum atomic E-state index is -4.67. The normalized spacial score (nSPS) is 10.2. The highest BCUT2D eigenvalue weighted by Gasteiger charge is 2.02. The first-order valence-corrected chi connectivity index (χ1v) is 5.98. The zero-order valence-electron chi connectivity index (χ0n) is 9.48. The molecule has 104 valence electrons. The average Bonchev–Trinajstić information content (AvgIpc) is 2.26. The van der Waals surface area contributed by atoms with Gasteiger partial charge in [-0.3, -0.25) is 9.11 Å². The Hall–Kier alpha value is -1.55. The standard InChI is InChI=1S/C9H12O4.H2O4S/c1-12-9-6-7(13-5-4-10)2-3-8(9)11;1-5(2,3)4/h2-3,6,10-11H,4-5H2,1H3;(H2,1,2,3,4). The minimum absolute atomic E-state index is 0.0385. The van der Waals surface area contributed by atoms with Gasteiger partial charge in [-0.2, -0.15) is 8.42 Å². The van der Waals surface area contributed by atoms with Gasteiger partial charge in [-0.05, 0) is 12.1 Å². The third-order valence-electron chi connectivity index (χ3n) is 1.51. The summed E-state index contributed by atoms with van der Waals surface area (Å²) in [7, 11) is -3.20. The second-order valence-electron chi connectivity index (χ2n) is 2.85.